The van der Waals surface area contributed by atoms with Crippen LogP contribution < -0.4 is 0 Å². The van der Waals surface area contributed by atoms with Crippen LogP contribution in [-0.4, -0.2) is 21.9 Å². The normalized spacial score (nSPS) is 11.5. The highest BCUT2D eigenvalue weighted by atomic mass is 16.3. The molecule has 53 heavy (non-hydrogen) atoms. The van der Waals surface area contributed by atoms with Gasteiger partial charge in [-0.25, -0.2) is 0 Å². The molecule has 0 atom stereocenters. The highest BCUT2D eigenvalue weighted by Gasteiger charge is 2.22. The van der Waals surface area contributed by atoms with Gasteiger partial charge in [0.25, 0.3) is 0 Å². The zero-order chi connectivity index (χ0) is 36.9. The summed E-state index contributed by atoms with van der Waals surface area (Å²) in [5.41, 5.74) is 10.3. The summed E-state index contributed by atoms with van der Waals surface area (Å²) in [4.78, 5) is 0. The molecule has 0 aliphatic heterocycles. The second-order valence-corrected chi connectivity index (χ2v) is 12.8. The number of aliphatic hydroxyl groups is 3. The van der Waals surface area contributed by atoms with Crippen molar-refractivity contribution in [1.82, 2.24) is 0 Å². The minimum Gasteiger partial charge on any atom is -0.505 e. The van der Waals surface area contributed by atoms with Gasteiger partial charge in [0.1, 0.15) is 0 Å². The molecule has 0 aromatic heterocycles. The van der Waals surface area contributed by atoms with E-state index in [1.165, 1.54) is 21.9 Å². The maximum Gasteiger partial charge on any atom is 0.164 e. The maximum atomic E-state index is 11.0. The summed E-state index contributed by atoms with van der Waals surface area (Å²) in [6, 6.07) is 57.6. The van der Waals surface area contributed by atoms with Crippen LogP contribution in [-0.2, 0) is 0 Å². The number of allylic oxidation sites excluding steroid dienone is 2. The summed E-state index contributed by atoms with van der Waals surface area (Å²) in [7, 11) is 0. The van der Waals surface area contributed by atoms with Crippen LogP contribution in [0.3, 0.4) is 0 Å². The molecular weight excluding hydrogens is 649 g/mol. The van der Waals surface area contributed by atoms with Crippen molar-refractivity contribution in [2.45, 2.75) is 6.92 Å². The molecule has 3 heteroatoms. The second-order valence-electron chi connectivity index (χ2n) is 12.8. The van der Waals surface area contributed by atoms with Crippen molar-refractivity contribution >= 4 is 37.9 Å². The number of aliphatic hydroxyl groups excluding tert-OH is 3. The van der Waals surface area contributed by atoms with Crippen molar-refractivity contribution in [2.75, 3.05) is 6.61 Å². The molecule has 0 saturated heterocycles. The van der Waals surface area contributed by atoms with Crippen LogP contribution in [0, 0.1) is 0 Å². The van der Waals surface area contributed by atoms with Crippen LogP contribution in [0.1, 0.15) is 12.5 Å². The average molecular weight is 689 g/mol. The summed E-state index contributed by atoms with van der Waals surface area (Å²) in [6.45, 7) is 9.54. The van der Waals surface area contributed by atoms with Crippen LogP contribution in [0.25, 0.3) is 82.4 Å². The molecule has 0 unspecified atom stereocenters. The van der Waals surface area contributed by atoms with E-state index in [0.717, 1.165) is 60.5 Å². The van der Waals surface area contributed by atoms with Crippen molar-refractivity contribution < 1.29 is 15.3 Å². The molecule has 8 aromatic carbocycles. The Morgan fingerprint density at radius 3 is 1.66 bits per heavy atom. The lowest BCUT2D eigenvalue weighted by atomic mass is 9.82. The molecular formula is C50H40O3. The second kappa shape index (κ2) is 15.3. The molecule has 0 spiro atoms. The van der Waals surface area contributed by atoms with Crippen LogP contribution >= 0.6 is 0 Å². The minimum atomic E-state index is -0.401. The Kier molecular flexibility index (Phi) is 10.0. The molecule has 3 nitrogen and oxygen atoms in total. The first-order valence-corrected chi connectivity index (χ1v) is 17.7. The van der Waals surface area contributed by atoms with Gasteiger partial charge in [-0.1, -0.05) is 171 Å². The van der Waals surface area contributed by atoms with E-state index in [1.807, 2.05) is 30.3 Å². The highest BCUT2D eigenvalue weighted by molar-refractivity contribution is 6.21. The van der Waals surface area contributed by atoms with Crippen molar-refractivity contribution in [2.24, 2.45) is 0 Å². The van der Waals surface area contributed by atoms with Gasteiger partial charge in [0, 0.05) is 17.7 Å². The van der Waals surface area contributed by atoms with Crippen LogP contribution in [0.5, 0.6) is 0 Å². The largest absolute Gasteiger partial charge is 0.505 e. The van der Waals surface area contributed by atoms with E-state index >= 15 is 0 Å². The van der Waals surface area contributed by atoms with Crippen molar-refractivity contribution in [3.05, 3.63) is 200 Å². The first-order chi connectivity index (χ1) is 25.9. The monoisotopic (exact) mass is 688 g/mol. The van der Waals surface area contributed by atoms with Gasteiger partial charge in [0.15, 0.2) is 11.5 Å². The fourth-order valence-corrected chi connectivity index (χ4v) is 7.32. The number of fused-ring (bicyclic) bond motifs is 3. The minimum absolute atomic E-state index is 0.250. The van der Waals surface area contributed by atoms with Gasteiger partial charge in [-0.05, 0) is 95.9 Å². The molecule has 0 amide bonds. The number of hydrogen-bond acceptors (Lipinski definition) is 3. The van der Waals surface area contributed by atoms with E-state index in [9.17, 15) is 10.2 Å². The Morgan fingerprint density at radius 1 is 0.509 bits per heavy atom. The zero-order valence-electron chi connectivity index (χ0n) is 29.6. The van der Waals surface area contributed by atoms with Crippen molar-refractivity contribution in [3.8, 4) is 44.5 Å². The topological polar surface area (TPSA) is 60.7 Å². The summed E-state index contributed by atoms with van der Waals surface area (Å²) in [6.07, 6.45) is 1.59. The molecule has 258 valence electrons. The standard InChI is InChI=1S/C48H34O2.C2H6O/c1-3-37(48(50)31(2)49)46-41-22-9-11-24-43(41)47(44-25-12-10-23-42(44)46)45-30-35(27-28-40(45)32-15-5-4-6-16-32)34-19-13-20-36(29-34)39-26-14-18-33-17-7-8-21-38(33)39;1-2-3/h3-30,49-50H,1-2H2;3H,2H2,1H3/b48-37-;. The molecule has 0 saturated carbocycles. The Hall–Kier alpha value is -6.68. The molecule has 0 aliphatic carbocycles. The lowest BCUT2D eigenvalue weighted by Gasteiger charge is -2.21. The molecule has 0 bridgehead atoms. The van der Waals surface area contributed by atoms with Gasteiger partial charge in [-0.3, -0.25) is 0 Å². The summed E-state index contributed by atoms with van der Waals surface area (Å²) in [5.74, 6) is -0.692. The number of rotatable bonds is 7. The highest BCUT2D eigenvalue weighted by Crippen LogP contribution is 2.46. The smallest absolute Gasteiger partial charge is 0.164 e. The Morgan fingerprint density at radius 2 is 1.02 bits per heavy atom. The summed E-state index contributed by atoms with van der Waals surface area (Å²) < 4.78 is 0. The van der Waals surface area contributed by atoms with Gasteiger partial charge in [-0.15, -0.1) is 0 Å². The van der Waals surface area contributed by atoms with Gasteiger partial charge in [-0.2, -0.15) is 0 Å². The van der Waals surface area contributed by atoms with Crippen LogP contribution in [0.2, 0.25) is 0 Å². The predicted octanol–water partition coefficient (Wildman–Crippen LogP) is 13.3. The summed E-state index contributed by atoms with van der Waals surface area (Å²) >= 11 is 0. The van der Waals surface area contributed by atoms with Gasteiger partial charge < -0.3 is 15.3 Å². The number of hydrogen-bond donors (Lipinski definition) is 3. The molecule has 8 rings (SSSR count). The fraction of sp³-hybridized carbons (Fsp3) is 0.0400. The van der Waals surface area contributed by atoms with Gasteiger partial charge in [0.05, 0.1) is 0 Å². The van der Waals surface area contributed by atoms with E-state index < -0.39 is 5.76 Å². The Labute approximate surface area is 310 Å². The number of benzene rings is 8. The molecule has 0 radical (unpaired) electrons. The first-order valence-electron chi connectivity index (χ1n) is 17.7. The molecule has 3 N–H and O–H groups in total. The van der Waals surface area contributed by atoms with Crippen LogP contribution in [0.15, 0.2) is 195 Å². The third kappa shape index (κ3) is 6.62. The lowest BCUT2D eigenvalue weighted by Crippen LogP contribution is -1.98. The molecule has 0 fully saturated rings. The SMILES string of the molecule is C=C/C(=C(/O)C(=C)O)c1c2ccccc2c(-c2cc(-c3cccc(-c4cccc5ccccc45)c3)ccc2-c2ccccc2)c2ccccc12.CCO. The molecule has 0 heterocycles. The lowest BCUT2D eigenvalue weighted by molar-refractivity contribution is 0.318. The van der Waals surface area contributed by atoms with Crippen molar-refractivity contribution in [1.29, 1.82) is 0 Å². The third-order valence-corrected chi connectivity index (χ3v) is 9.60. The van der Waals surface area contributed by atoms with Gasteiger partial charge >= 0.3 is 0 Å². The third-order valence-electron chi connectivity index (χ3n) is 9.60. The van der Waals surface area contributed by atoms with E-state index in [0.29, 0.717) is 5.57 Å². The maximum absolute atomic E-state index is 11.0. The first kappa shape index (κ1) is 34.8. The Bertz CT molecular complexity index is 2600. The van der Waals surface area contributed by atoms with E-state index in [-0.39, 0.29) is 12.4 Å². The van der Waals surface area contributed by atoms with E-state index in [4.69, 9.17) is 5.11 Å². The summed E-state index contributed by atoms with van der Waals surface area (Å²) in [5, 5.41) is 35.2. The molecule has 8 aromatic rings. The Balaban J connectivity index is 0.00000140. The van der Waals surface area contributed by atoms with Crippen LogP contribution in [0.4, 0.5) is 0 Å². The van der Waals surface area contributed by atoms with Crippen molar-refractivity contribution in [3.63, 3.8) is 0 Å². The predicted molar refractivity (Wildman–Crippen MR) is 225 cm³/mol. The van der Waals surface area contributed by atoms with E-state index in [2.05, 4.69) is 147 Å². The van der Waals surface area contributed by atoms with Gasteiger partial charge in [0.2, 0.25) is 0 Å². The average Bonchev–Trinajstić information content (AvgIpc) is 3.21. The zero-order valence-corrected chi connectivity index (χ0v) is 29.6. The molecule has 0 aliphatic rings. The van der Waals surface area contributed by atoms with E-state index in [1.54, 1.807) is 13.0 Å². The fourth-order valence-electron chi connectivity index (χ4n) is 7.32. The quantitative estimate of drug-likeness (QED) is 0.0887.